The molecule has 132 valence electrons. The third-order valence-corrected chi connectivity index (χ3v) is 4.91. The summed E-state index contributed by atoms with van der Waals surface area (Å²) in [5.74, 6) is 0.959. The van der Waals surface area contributed by atoms with Crippen molar-refractivity contribution >= 4 is 33.7 Å². The monoisotopic (exact) mass is 342 g/mol. The smallest absolute Gasteiger partial charge is 0.251 e. The fraction of sp³-hybridized carbons (Fsp3) is 0.471. The second-order valence-electron chi connectivity index (χ2n) is 6.58. The number of hydrogen-bond donors (Lipinski definition) is 3. The van der Waals surface area contributed by atoms with Crippen molar-refractivity contribution in [2.75, 3.05) is 32.1 Å². The number of anilines is 1. The second kappa shape index (κ2) is 6.45. The van der Waals surface area contributed by atoms with E-state index in [4.69, 9.17) is 4.74 Å². The minimum Gasteiger partial charge on any atom is -0.375 e. The number of pyridine rings is 1. The second-order valence-corrected chi connectivity index (χ2v) is 6.58. The molecule has 1 fully saturated rings. The number of nitrogens with zero attached hydrogens (tertiary/aromatic N) is 3. The van der Waals surface area contributed by atoms with Crippen LogP contribution in [0.4, 0.5) is 5.82 Å². The molecule has 1 saturated heterocycles. The van der Waals surface area contributed by atoms with E-state index < -0.39 is 0 Å². The summed E-state index contributed by atoms with van der Waals surface area (Å²) in [6.07, 6.45) is 4.64. The lowest BCUT2D eigenvalue weighted by atomic mass is 9.95. The number of methoxy groups -OCH3 is 1. The summed E-state index contributed by atoms with van der Waals surface area (Å²) in [7, 11) is 1.50. The first kappa shape index (κ1) is 16.0. The van der Waals surface area contributed by atoms with Crippen LogP contribution in [0.15, 0.2) is 18.5 Å². The first-order valence-corrected chi connectivity index (χ1v) is 8.52. The molecule has 0 aliphatic carbocycles. The zero-order valence-corrected chi connectivity index (χ0v) is 14.4. The summed E-state index contributed by atoms with van der Waals surface area (Å²) in [5.41, 5.74) is 1.74. The van der Waals surface area contributed by atoms with E-state index in [1.807, 2.05) is 6.07 Å². The lowest BCUT2D eigenvalue weighted by Gasteiger charge is -2.31. The number of aromatic amines is 1. The average molecular weight is 342 g/mol. The Morgan fingerprint density at radius 2 is 2.32 bits per heavy atom. The molecule has 25 heavy (non-hydrogen) atoms. The molecule has 0 spiro atoms. The first-order chi connectivity index (χ1) is 12.2. The Balaban J connectivity index is 1.87. The average Bonchev–Trinajstić information content (AvgIpc) is 3.20. The Kier molecular flexibility index (Phi) is 4.14. The van der Waals surface area contributed by atoms with E-state index in [0.29, 0.717) is 17.4 Å². The van der Waals surface area contributed by atoms with Crippen molar-refractivity contribution < 1.29 is 9.53 Å². The Labute approximate surface area is 144 Å². The molecule has 1 amide bonds. The quantitative estimate of drug-likeness (QED) is 0.670. The largest absolute Gasteiger partial charge is 0.375 e. The van der Waals surface area contributed by atoms with Crippen molar-refractivity contribution in [1.82, 2.24) is 25.1 Å². The Morgan fingerprint density at radius 1 is 1.44 bits per heavy atom. The van der Waals surface area contributed by atoms with Gasteiger partial charge in [-0.15, -0.1) is 0 Å². The zero-order chi connectivity index (χ0) is 17.4. The molecule has 0 radical (unpaired) electrons. The molecule has 3 aromatic rings. The fourth-order valence-electron chi connectivity index (χ4n) is 3.59. The number of carbonyl (C=O) groups excluding carboxylic acids is 1. The number of aromatic nitrogens is 4. The van der Waals surface area contributed by atoms with Crippen LogP contribution in [0, 0.1) is 5.92 Å². The van der Waals surface area contributed by atoms with Gasteiger partial charge in [-0.3, -0.25) is 14.6 Å². The molecule has 4 rings (SSSR count). The Morgan fingerprint density at radius 3 is 3.12 bits per heavy atom. The van der Waals surface area contributed by atoms with Gasteiger partial charge >= 0.3 is 0 Å². The van der Waals surface area contributed by atoms with E-state index >= 15 is 0 Å². The van der Waals surface area contributed by atoms with Gasteiger partial charge in [0.05, 0.1) is 16.9 Å². The third kappa shape index (κ3) is 2.77. The van der Waals surface area contributed by atoms with Crippen molar-refractivity contribution in [3.8, 4) is 0 Å². The maximum absolute atomic E-state index is 12.0. The number of fused-ring (bicyclic) bond motifs is 3. The number of hydrogen-bond acceptors (Lipinski definition) is 5. The minimum absolute atomic E-state index is 0.00943. The number of carbonyl (C=O) groups is 1. The van der Waals surface area contributed by atoms with E-state index in [9.17, 15) is 4.79 Å². The molecule has 2 atom stereocenters. The van der Waals surface area contributed by atoms with Crippen molar-refractivity contribution in [2.24, 2.45) is 5.92 Å². The highest BCUT2D eigenvalue weighted by molar-refractivity contribution is 6.09. The molecule has 0 saturated carbocycles. The van der Waals surface area contributed by atoms with Crippen LogP contribution in [0.1, 0.15) is 19.4 Å². The van der Waals surface area contributed by atoms with Gasteiger partial charge in [-0.1, -0.05) is 6.92 Å². The van der Waals surface area contributed by atoms with Gasteiger partial charge in [-0.2, -0.15) is 0 Å². The van der Waals surface area contributed by atoms with Gasteiger partial charge in [0, 0.05) is 31.4 Å². The molecule has 3 aromatic heterocycles. The van der Waals surface area contributed by atoms with Crippen LogP contribution in [0.2, 0.25) is 0 Å². The van der Waals surface area contributed by atoms with Crippen LogP contribution in [0.25, 0.3) is 21.9 Å². The van der Waals surface area contributed by atoms with E-state index in [1.165, 1.54) is 7.11 Å². The van der Waals surface area contributed by atoms with Gasteiger partial charge < -0.3 is 15.4 Å². The topological polar surface area (TPSA) is 96.9 Å². The maximum Gasteiger partial charge on any atom is 0.251 e. The molecule has 4 heterocycles. The van der Waals surface area contributed by atoms with Gasteiger partial charge in [0.15, 0.2) is 5.65 Å². The lowest BCUT2D eigenvalue weighted by molar-refractivity contribution is -0.119. The minimum atomic E-state index is -0.201. The van der Waals surface area contributed by atoms with Crippen LogP contribution in [-0.2, 0) is 9.53 Å². The summed E-state index contributed by atoms with van der Waals surface area (Å²) in [4.78, 5) is 20.7. The Bertz CT molecular complexity index is 915. The SMILES string of the molecule is COCC(=O)Nc1[nH]n([C@H]2CNCC[C@H]2C)c2c1cnc1nccc12. The van der Waals surface area contributed by atoms with Crippen molar-refractivity contribution in [1.29, 1.82) is 0 Å². The van der Waals surface area contributed by atoms with Gasteiger partial charge in [0.1, 0.15) is 12.4 Å². The predicted molar refractivity (Wildman–Crippen MR) is 95.6 cm³/mol. The van der Waals surface area contributed by atoms with Crippen LogP contribution >= 0.6 is 0 Å². The zero-order valence-electron chi connectivity index (χ0n) is 14.4. The third-order valence-electron chi connectivity index (χ3n) is 4.91. The van der Waals surface area contributed by atoms with Gasteiger partial charge in [-0.05, 0) is 24.9 Å². The van der Waals surface area contributed by atoms with Crippen LogP contribution in [0.3, 0.4) is 0 Å². The summed E-state index contributed by atoms with van der Waals surface area (Å²) < 4.78 is 7.07. The van der Waals surface area contributed by atoms with E-state index in [2.05, 4.69) is 37.3 Å². The molecule has 3 N–H and O–H groups in total. The Hall–Kier alpha value is -2.45. The number of rotatable bonds is 4. The highest BCUT2D eigenvalue weighted by Gasteiger charge is 2.26. The van der Waals surface area contributed by atoms with Crippen molar-refractivity contribution in [3.63, 3.8) is 0 Å². The standard InChI is InChI=1S/C17H22N6O2/c1-10-3-5-18-8-13(10)23-15-11-4-6-19-16(11)20-7-12(15)17(22-23)21-14(24)9-25-2/h4,6-7,10,13,18,22H,3,5,8-9H2,1-2H3,(H,21,24)/t10-,13+/m1/s1. The maximum atomic E-state index is 12.0. The van der Waals surface area contributed by atoms with E-state index in [-0.39, 0.29) is 18.6 Å². The summed E-state index contributed by atoms with van der Waals surface area (Å²) in [6.45, 7) is 4.18. The normalized spacial score (nSPS) is 21.0. The molecule has 1 aliphatic heterocycles. The molecule has 8 heteroatoms. The van der Waals surface area contributed by atoms with Crippen molar-refractivity contribution in [3.05, 3.63) is 18.5 Å². The summed E-state index contributed by atoms with van der Waals surface area (Å²) in [5, 5.41) is 11.6. The van der Waals surface area contributed by atoms with Crippen molar-refractivity contribution in [2.45, 2.75) is 19.4 Å². The van der Waals surface area contributed by atoms with Gasteiger partial charge in [-0.25, -0.2) is 9.97 Å². The lowest BCUT2D eigenvalue weighted by Crippen LogP contribution is -2.37. The number of nitrogens with one attached hydrogen (secondary N) is 3. The van der Waals surface area contributed by atoms with Crippen LogP contribution in [0.5, 0.6) is 0 Å². The number of ether oxygens (including phenoxy) is 1. The molecule has 0 unspecified atom stereocenters. The van der Waals surface area contributed by atoms with Gasteiger partial charge in [0.2, 0.25) is 0 Å². The number of H-pyrrole nitrogens is 1. The van der Waals surface area contributed by atoms with Crippen LogP contribution < -0.4 is 10.6 Å². The summed E-state index contributed by atoms with van der Waals surface area (Å²) in [6, 6.07) is 2.24. The molecule has 0 bridgehead atoms. The highest BCUT2D eigenvalue weighted by atomic mass is 16.5. The molecule has 1 aliphatic rings. The summed E-state index contributed by atoms with van der Waals surface area (Å²) >= 11 is 0. The molecule has 8 nitrogen and oxygen atoms in total. The molecule has 0 aromatic carbocycles. The fourth-order valence-corrected chi connectivity index (χ4v) is 3.59. The highest BCUT2D eigenvalue weighted by Crippen LogP contribution is 2.34. The first-order valence-electron chi connectivity index (χ1n) is 8.52. The molecular formula is C17H22N6O2. The molecular weight excluding hydrogens is 320 g/mol. The predicted octanol–water partition coefficient (Wildman–Crippen LogP) is 1.67. The number of piperidine rings is 1. The van der Waals surface area contributed by atoms with Crippen LogP contribution in [-0.4, -0.2) is 52.5 Å². The van der Waals surface area contributed by atoms with E-state index in [1.54, 1.807) is 12.4 Å². The van der Waals surface area contributed by atoms with E-state index in [0.717, 1.165) is 35.8 Å². The van der Waals surface area contributed by atoms with Gasteiger partial charge in [0.25, 0.3) is 5.91 Å². The number of amides is 1.